The molecule has 0 radical (unpaired) electrons. The fourth-order valence-corrected chi connectivity index (χ4v) is 2.39. The molecule has 0 saturated carbocycles. The van der Waals surface area contributed by atoms with E-state index in [9.17, 15) is 5.26 Å². The van der Waals surface area contributed by atoms with Crippen LogP contribution in [0.25, 0.3) is 11.1 Å². The molecule has 1 N–H and O–H groups in total. The molecule has 0 spiro atoms. The Morgan fingerprint density at radius 2 is 2.14 bits per heavy atom. The molecule has 0 fully saturated rings. The highest BCUT2D eigenvalue weighted by molar-refractivity contribution is 5.90. The molecule has 0 aliphatic rings. The summed E-state index contributed by atoms with van der Waals surface area (Å²) in [7, 11) is 0. The third kappa shape index (κ3) is 2.71. The number of aryl methyl sites for hydroxylation is 1. The Hall–Kier alpha value is -2.47. The maximum atomic E-state index is 9.45. The minimum Gasteiger partial charge on any atom is -0.308 e. The Morgan fingerprint density at radius 1 is 1.38 bits per heavy atom. The molecule has 3 heteroatoms. The van der Waals surface area contributed by atoms with E-state index in [0.717, 1.165) is 34.4 Å². The summed E-state index contributed by atoms with van der Waals surface area (Å²) in [6, 6.07) is 12.4. The second-order valence-electron chi connectivity index (χ2n) is 5.38. The summed E-state index contributed by atoms with van der Waals surface area (Å²) in [5.74, 6) is 0. The van der Waals surface area contributed by atoms with Crippen LogP contribution < -0.4 is 0 Å². The SMILES string of the molecule is CCC(C)(C#N)c1cccc(-c2ccnc(C)c2C=N)c1. The van der Waals surface area contributed by atoms with Crippen LogP contribution in [0.15, 0.2) is 36.5 Å². The summed E-state index contributed by atoms with van der Waals surface area (Å²) in [5.41, 5.74) is 4.19. The highest BCUT2D eigenvalue weighted by Crippen LogP contribution is 2.31. The molecule has 0 bridgehead atoms. The standard InChI is InChI=1S/C18H19N3/c1-4-18(3,12-20)15-7-5-6-14(10-15)16-8-9-21-13(2)17(16)11-19/h5-11,19H,4H2,1-3H3. The number of aromatic nitrogens is 1. The average molecular weight is 277 g/mol. The van der Waals surface area contributed by atoms with Gasteiger partial charge in [-0.2, -0.15) is 5.26 Å². The minimum atomic E-state index is -0.483. The Bertz CT molecular complexity index is 713. The number of hydrogen-bond acceptors (Lipinski definition) is 3. The lowest BCUT2D eigenvalue weighted by atomic mass is 9.80. The van der Waals surface area contributed by atoms with Crippen molar-refractivity contribution in [2.75, 3.05) is 0 Å². The van der Waals surface area contributed by atoms with Crippen LogP contribution in [0.1, 0.15) is 37.1 Å². The van der Waals surface area contributed by atoms with E-state index in [2.05, 4.69) is 17.1 Å². The number of nitrogens with one attached hydrogen (secondary N) is 1. The van der Waals surface area contributed by atoms with Crippen molar-refractivity contribution < 1.29 is 0 Å². The lowest BCUT2D eigenvalue weighted by molar-refractivity contribution is 0.587. The second kappa shape index (κ2) is 5.88. The van der Waals surface area contributed by atoms with Gasteiger partial charge >= 0.3 is 0 Å². The molecule has 3 nitrogen and oxygen atoms in total. The fraction of sp³-hybridized carbons (Fsp3) is 0.278. The van der Waals surface area contributed by atoms with E-state index < -0.39 is 5.41 Å². The zero-order valence-electron chi connectivity index (χ0n) is 12.6. The van der Waals surface area contributed by atoms with E-state index in [1.54, 1.807) is 6.20 Å². The molecule has 2 rings (SSSR count). The molecular weight excluding hydrogens is 258 g/mol. The van der Waals surface area contributed by atoms with E-state index >= 15 is 0 Å². The van der Waals surface area contributed by atoms with Crippen LogP contribution in [-0.2, 0) is 5.41 Å². The zero-order valence-corrected chi connectivity index (χ0v) is 12.6. The zero-order chi connectivity index (χ0) is 15.5. The van der Waals surface area contributed by atoms with Gasteiger partial charge < -0.3 is 5.41 Å². The van der Waals surface area contributed by atoms with Crippen LogP contribution in [0.3, 0.4) is 0 Å². The third-order valence-corrected chi connectivity index (χ3v) is 4.10. The molecule has 0 saturated heterocycles. The number of pyridine rings is 1. The monoisotopic (exact) mass is 277 g/mol. The van der Waals surface area contributed by atoms with E-state index in [1.165, 1.54) is 6.21 Å². The molecule has 1 aromatic carbocycles. The van der Waals surface area contributed by atoms with Crippen molar-refractivity contribution in [1.82, 2.24) is 4.98 Å². The molecule has 1 heterocycles. The van der Waals surface area contributed by atoms with Gasteiger partial charge in [-0.1, -0.05) is 25.1 Å². The molecule has 1 atom stereocenters. The number of benzene rings is 1. The molecule has 1 unspecified atom stereocenters. The molecule has 0 aliphatic carbocycles. The third-order valence-electron chi connectivity index (χ3n) is 4.10. The highest BCUT2D eigenvalue weighted by atomic mass is 14.7. The molecule has 21 heavy (non-hydrogen) atoms. The molecule has 1 aromatic heterocycles. The van der Waals surface area contributed by atoms with Crippen LogP contribution in [-0.4, -0.2) is 11.2 Å². The molecule has 106 valence electrons. The van der Waals surface area contributed by atoms with Crippen molar-refractivity contribution in [1.29, 1.82) is 10.7 Å². The van der Waals surface area contributed by atoms with E-state index in [1.807, 2.05) is 45.0 Å². The van der Waals surface area contributed by atoms with Gasteiger partial charge in [-0.05, 0) is 49.1 Å². The summed E-state index contributed by atoms with van der Waals surface area (Å²) in [6.07, 6.45) is 3.86. The van der Waals surface area contributed by atoms with Crippen LogP contribution in [0.2, 0.25) is 0 Å². The maximum absolute atomic E-state index is 9.45. The number of nitrogens with zero attached hydrogens (tertiary/aromatic N) is 2. The Morgan fingerprint density at radius 3 is 2.76 bits per heavy atom. The van der Waals surface area contributed by atoms with Gasteiger partial charge in [-0.25, -0.2) is 0 Å². The molecule has 2 aromatic rings. The molecule has 0 aliphatic heterocycles. The van der Waals surface area contributed by atoms with Gasteiger partial charge in [0, 0.05) is 23.7 Å². The lowest BCUT2D eigenvalue weighted by Gasteiger charge is -2.21. The summed E-state index contributed by atoms with van der Waals surface area (Å²) >= 11 is 0. The van der Waals surface area contributed by atoms with Gasteiger partial charge in [0.2, 0.25) is 0 Å². The van der Waals surface area contributed by atoms with Crippen molar-refractivity contribution >= 4 is 6.21 Å². The Kier molecular flexibility index (Phi) is 4.18. The van der Waals surface area contributed by atoms with Gasteiger partial charge in [0.1, 0.15) is 0 Å². The van der Waals surface area contributed by atoms with E-state index in [4.69, 9.17) is 5.41 Å². The smallest absolute Gasteiger partial charge is 0.0792 e. The first-order chi connectivity index (χ1) is 10.1. The normalized spacial score (nSPS) is 13.2. The second-order valence-corrected chi connectivity index (χ2v) is 5.38. The number of nitriles is 1. The average Bonchev–Trinajstić information content (AvgIpc) is 2.54. The highest BCUT2D eigenvalue weighted by Gasteiger charge is 2.24. The first-order valence-corrected chi connectivity index (χ1v) is 7.04. The number of hydrogen-bond donors (Lipinski definition) is 1. The van der Waals surface area contributed by atoms with Crippen molar-refractivity contribution in [3.05, 3.63) is 53.3 Å². The van der Waals surface area contributed by atoms with Crippen LogP contribution in [0.5, 0.6) is 0 Å². The quantitative estimate of drug-likeness (QED) is 0.849. The number of rotatable bonds is 4. The topological polar surface area (TPSA) is 60.5 Å². The summed E-state index contributed by atoms with van der Waals surface area (Å²) in [5, 5.41) is 17.1. The fourth-order valence-electron chi connectivity index (χ4n) is 2.39. The predicted molar refractivity (Wildman–Crippen MR) is 85.6 cm³/mol. The first-order valence-electron chi connectivity index (χ1n) is 7.04. The maximum Gasteiger partial charge on any atom is 0.0792 e. The van der Waals surface area contributed by atoms with Gasteiger partial charge in [0.05, 0.1) is 11.5 Å². The van der Waals surface area contributed by atoms with E-state index in [0.29, 0.717) is 0 Å². The van der Waals surface area contributed by atoms with Gasteiger partial charge in [-0.3, -0.25) is 4.98 Å². The van der Waals surface area contributed by atoms with Crippen molar-refractivity contribution in [2.45, 2.75) is 32.6 Å². The summed E-state index contributed by atoms with van der Waals surface area (Å²) < 4.78 is 0. The Balaban J connectivity index is 2.61. The molecular formula is C18H19N3. The lowest BCUT2D eigenvalue weighted by Crippen LogP contribution is -2.17. The van der Waals surface area contributed by atoms with Gasteiger partial charge in [0.25, 0.3) is 0 Å². The van der Waals surface area contributed by atoms with E-state index in [-0.39, 0.29) is 0 Å². The van der Waals surface area contributed by atoms with Crippen LogP contribution in [0, 0.1) is 23.7 Å². The van der Waals surface area contributed by atoms with Crippen molar-refractivity contribution in [3.8, 4) is 17.2 Å². The van der Waals surface area contributed by atoms with Crippen LogP contribution in [0.4, 0.5) is 0 Å². The molecule has 0 amide bonds. The van der Waals surface area contributed by atoms with Gasteiger partial charge in [0.15, 0.2) is 0 Å². The van der Waals surface area contributed by atoms with Crippen LogP contribution >= 0.6 is 0 Å². The first kappa shape index (κ1) is 14.9. The van der Waals surface area contributed by atoms with Crippen molar-refractivity contribution in [3.63, 3.8) is 0 Å². The largest absolute Gasteiger partial charge is 0.308 e. The summed E-state index contributed by atoms with van der Waals surface area (Å²) in [6.45, 7) is 5.89. The minimum absolute atomic E-state index is 0.483. The summed E-state index contributed by atoms with van der Waals surface area (Å²) in [4.78, 5) is 4.24. The van der Waals surface area contributed by atoms with Crippen molar-refractivity contribution in [2.24, 2.45) is 0 Å². The predicted octanol–water partition coefficient (Wildman–Crippen LogP) is 4.25. The van der Waals surface area contributed by atoms with Gasteiger partial charge in [-0.15, -0.1) is 0 Å². The Labute approximate surface area is 125 Å².